The normalized spacial score (nSPS) is 22.2. The Balaban J connectivity index is 2.04. The average molecular weight is 294 g/mol. The largest absolute Gasteiger partial charge is 0.383 e. The molecule has 0 atom stereocenters. The van der Waals surface area contributed by atoms with Crippen LogP contribution in [0.2, 0.25) is 0 Å². The van der Waals surface area contributed by atoms with Gasteiger partial charge in [-0.2, -0.15) is 0 Å². The maximum Gasteiger partial charge on any atom is 0.330 e. The Kier molecular flexibility index (Phi) is 5.09. The number of nitrogen functional groups attached to an aromatic ring is 1. The fraction of sp³-hybridized carbons (Fsp3) is 0.733. The van der Waals surface area contributed by atoms with Gasteiger partial charge in [-0.3, -0.25) is 14.3 Å². The van der Waals surface area contributed by atoms with Gasteiger partial charge in [0.1, 0.15) is 11.5 Å². The summed E-state index contributed by atoms with van der Waals surface area (Å²) in [5, 5.41) is 3.16. The molecule has 0 radical (unpaired) electrons. The van der Waals surface area contributed by atoms with Crippen molar-refractivity contribution in [3.63, 3.8) is 0 Å². The van der Waals surface area contributed by atoms with E-state index in [1.54, 1.807) is 0 Å². The van der Waals surface area contributed by atoms with E-state index >= 15 is 0 Å². The molecule has 6 heteroatoms. The van der Waals surface area contributed by atoms with Crippen LogP contribution in [0, 0.1) is 11.8 Å². The molecular formula is C15H26N4O2. The molecule has 118 valence electrons. The van der Waals surface area contributed by atoms with Gasteiger partial charge in [0, 0.05) is 13.1 Å². The number of nitrogens with one attached hydrogen (secondary N) is 2. The minimum atomic E-state index is -0.450. The summed E-state index contributed by atoms with van der Waals surface area (Å²) in [4.78, 5) is 25.8. The first kappa shape index (κ1) is 15.7. The predicted octanol–water partition coefficient (Wildman–Crippen LogP) is 1.77. The number of rotatable bonds is 5. The van der Waals surface area contributed by atoms with Crippen LogP contribution in [0.1, 0.15) is 46.0 Å². The molecule has 0 spiro atoms. The van der Waals surface area contributed by atoms with Crippen molar-refractivity contribution in [2.45, 2.75) is 52.5 Å². The van der Waals surface area contributed by atoms with Crippen molar-refractivity contribution < 1.29 is 0 Å². The molecule has 1 heterocycles. The summed E-state index contributed by atoms with van der Waals surface area (Å²) in [7, 11) is 0. The maximum absolute atomic E-state index is 11.9. The van der Waals surface area contributed by atoms with Crippen molar-refractivity contribution in [2.75, 3.05) is 17.6 Å². The number of anilines is 2. The average Bonchev–Trinajstić information content (AvgIpc) is 2.47. The maximum atomic E-state index is 11.9. The van der Waals surface area contributed by atoms with E-state index in [1.165, 1.54) is 36.7 Å². The minimum Gasteiger partial charge on any atom is -0.383 e. The lowest BCUT2D eigenvalue weighted by molar-refractivity contribution is 0.278. The zero-order chi connectivity index (χ0) is 15.4. The van der Waals surface area contributed by atoms with Crippen LogP contribution < -0.4 is 22.3 Å². The number of hydrogen-bond acceptors (Lipinski definition) is 4. The second-order valence-corrected chi connectivity index (χ2v) is 5.94. The van der Waals surface area contributed by atoms with Gasteiger partial charge in [0.05, 0.1) is 0 Å². The molecule has 1 aliphatic rings. The van der Waals surface area contributed by atoms with Crippen molar-refractivity contribution in [1.29, 1.82) is 0 Å². The van der Waals surface area contributed by atoms with Crippen LogP contribution in [0.15, 0.2) is 9.59 Å². The highest BCUT2D eigenvalue weighted by Crippen LogP contribution is 2.30. The van der Waals surface area contributed by atoms with Crippen LogP contribution in [0.4, 0.5) is 11.5 Å². The summed E-state index contributed by atoms with van der Waals surface area (Å²) in [6, 6.07) is 0. The summed E-state index contributed by atoms with van der Waals surface area (Å²) < 4.78 is 1.37. The molecule has 1 aromatic rings. The summed E-state index contributed by atoms with van der Waals surface area (Å²) in [5.74, 6) is 1.67. The van der Waals surface area contributed by atoms with E-state index in [4.69, 9.17) is 5.73 Å². The van der Waals surface area contributed by atoms with E-state index in [9.17, 15) is 9.59 Å². The van der Waals surface area contributed by atoms with Crippen molar-refractivity contribution in [1.82, 2.24) is 9.55 Å². The van der Waals surface area contributed by atoms with Crippen molar-refractivity contribution in [3.05, 3.63) is 20.8 Å². The quantitative estimate of drug-likeness (QED) is 0.771. The molecule has 1 saturated carbocycles. The smallest absolute Gasteiger partial charge is 0.330 e. The fourth-order valence-electron chi connectivity index (χ4n) is 3.16. The number of H-pyrrole nitrogens is 1. The third kappa shape index (κ3) is 3.49. The van der Waals surface area contributed by atoms with E-state index in [1.807, 2.05) is 6.92 Å². The third-order valence-electron chi connectivity index (χ3n) is 4.67. The van der Waals surface area contributed by atoms with Crippen LogP contribution in [-0.4, -0.2) is 16.1 Å². The number of nitrogens with zero attached hydrogens (tertiary/aromatic N) is 1. The van der Waals surface area contributed by atoms with Gasteiger partial charge in [0.2, 0.25) is 0 Å². The highest BCUT2D eigenvalue weighted by Gasteiger charge is 2.20. The monoisotopic (exact) mass is 294 g/mol. The zero-order valence-electron chi connectivity index (χ0n) is 12.9. The van der Waals surface area contributed by atoms with Gasteiger partial charge in [-0.25, -0.2) is 4.79 Å². The molecule has 0 saturated heterocycles. The Hall–Kier alpha value is -1.72. The molecule has 21 heavy (non-hydrogen) atoms. The van der Waals surface area contributed by atoms with Crippen molar-refractivity contribution in [2.24, 2.45) is 11.8 Å². The molecule has 1 aliphatic carbocycles. The first-order valence-electron chi connectivity index (χ1n) is 7.93. The zero-order valence-corrected chi connectivity index (χ0v) is 12.9. The number of nitrogens with two attached hydrogens (primary N) is 1. The molecule has 0 unspecified atom stereocenters. The van der Waals surface area contributed by atoms with Gasteiger partial charge in [-0.15, -0.1) is 0 Å². The van der Waals surface area contributed by atoms with Gasteiger partial charge < -0.3 is 11.1 Å². The lowest BCUT2D eigenvalue weighted by atomic mass is 9.81. The highest BCUT2D eigenvalue weighted by molar-refractivity contribution is 5.60. The van der Waals surface area contributed by atoms with Gasteiger partial charge in [-0.1, -0.05) is 26.2 Å². The molecule has 2 rings (SSSR count). The first-order chi connectivity index (χ1) is 10.1. The first-order valence-corrected chi connectivity index (χ1v) is 7.93. The SMILES string of the molecule is CCC1CCC(CNc2c(N)n(CC)c(=O)[nH]c2=O)CC1. The van der Waals surface area contributed by atoms with E-state index in [-0.39, 0.29) is 5.82 Å². The Morgan fingerprint density at radius 3 is 2.38 bits per heavy atom. The second kappa shape index (κ2) is 6.83. The Bertz CT molecular complexity index is 582. The molecule has 6 nitrogen and oxygen atoms in total. The van der Waals surface area contributed by atoms with E-state index in [0.717, 1.165) is 12.5 Å². The molecule has 0 amide bonds. The molecule has 4 N–H and O–H groups in total. The van der Waals surface area contributed by atoms with Gasteiger partial charge >= 0.3 is 5.69 Å². The fourth-order valence-corrected chi connectivity index (χ4v) is 3.16. The van der Waals surface area contributed by atoms with Crippen LogP contribution in [0.25, 0.3) is 0 Å². The summed E-state index contributed by atoms with van der Waals surface area (Å²) in [6.45, 7) is 5.26. The van der Waals surface area contributed by atoms with Crippen LogP contribution >= 0.6 is 0 Å². The van der Waals surface area contributed by atoms with E-state index < -0.39 is 11.2 Å². The predicted molar refractivity (Wildman–Crippen MR) is 85.6 cm³/mol. The van der Waals surface area contributed by atoms with E-state index in [0.29, 0.717) is 18.2 Å². The lowest BCUT2D eigenvalue weighted by Gasteiger charge is -2.28. The third-order valence-corrected chi connectivity index (χ3v) is 4.67. The van der Waals surface area contributed by atoms with Crippen molar-refractivity contribution >= 4 is 11.5 Å². The van der Waals surface area contributed by atoms with Crippen LogP contribution in [0.3, 0.4) is 0 Å². The van der Waals surface area contributed by atoms with Crippen LogP contribution in [0.5, 0.6) is 0 Å². The Morgan fingerprint density at radius 1 is 1.19 bits per heavy atom. The van der Waals surface area contributed by atoms with Crippen molar-refractivity contribution in [3.8, 4) is 0 Å². The molecule has 1 fully saturated rings. The lowest BCUT2D eigenvalue weighted by Crippen LogP contribution is -2.34. The summed E-state index contributed by atoms with van der Waals surface area (Å²) in [5.41, 5.74) is 5.39. The number of aromatic amines is 1. The number of aromatic nitrogens is 2. The molecule has 0 aromatic carbocycles. The summed E-state index contributed by atoms with van der Waals surface area (Å²) in [6.07, 6.45) is 6.17. The Morgan fingerprint density at radius 2 is 1.81 bits per heavy atom. The minimum absolute atomic E-state index is 0.230. The molecule has 1 aromatic heterocycles. The van der Waals surface area contributed by atoms with Crippen LogP contribution in [-0.2, 0) is 6.54 Å². The van der Waals surface area contributed by atoms with Gasteiger partial charge in [-0.05, 0) is 31.6 Å². The molecular weight excluding hydrogens is 268 g/mol. The highest BCUT2D eigenvalue weighted by atomic mass is 16.2. The summed E-state index contributed by atoms with van der Waals surface area (Å²) >= 11 is 0. The van der Waals surface area contributed by atoms with E-state index in [2.05, 4.69) is 17.2 Å². The Labute approximate surface area is 124 Å². The molecule has 0 bridgehead atoms. The topological polar surface area (TPSA) is 92.9 Å². The second-order valence-electron chi connectivity index (χ2n) is 5.94. The number of hydrogen-bond donors (Lipinski definition) is 3. The molecule has 0 aliphatic heterocycles. The standard InChI is InChI=1S/C15H26N4O2/c1-3-10-5-7-11(8-6-10)9-17-12-13(16)19(4-2)15(21)18-14(12)20/h10-11,17H,3-9,16H2,1-2H3,(H,18,20,21). The van der Waals surface area contributed by atoms with Gasteiger partial charge in [0.15, 0.2) is 0 Å². The van der Waals surface area contributed by atoms with Gasteiger partial charge in [0.25, 0.3) is 5.56 Å².